The van der Waals surface area contributed by atoms with Gasteiger partial charge in [0.1, 0.15) is 22.6 Å². The lowest BCUT2D eigenvalue weighted by molar-refractivity contribution is 0.0730. The van der Waals surface area contributed by atoms with Crippen LogP contribution in [0.15, 0.2) is 53.4 Å². The number of halogens is 1. The lowest BCUT2D eigenvalue weighted by atomic mass is 9.93. The zero-order chi connectivity index (χ0) is 25.9. The van der Waals surface area contributed by atoms with Gasteiger partial charge in [0.05, 0.1) is 6.61 Å². The highest BCUT2D eigenvalue weighted by Crippen LogP contribution is 2.37. The predicted octanol–water partition coefficient (Wildman–Crippen LogP) is 4.68. The molecule has 2 aromatic rings. The molecule has 36 heavy (non-hydrogen) atoms. The Hall–Kier alpha value is -2.26. The molecule has 2 aliphatic rings. The number of hydrogen-bond acceptors (Lipinski definition) is 5. The van der Waals surface area contributed by atoms with E-state index in [1.165, 1.54) is 22.4 Å². The van der Waals surface area contributed by atoms with Gasteiger partial charge in [-0.15, -0.1) is 0 Å². The molecule has 3 atom stereocenters. The zero-order valence-electron chi connectivity index (χ0n) is 21.4. The Balaban J connectivity index is 1.69. The van der Waals surface area contributed by atoms with Gasteiger partial charge >= 0.3 is 0 Å². The second-order valence-electron chi connectivity index (χ2n) is 10.2. The number of fused-ring (bicyclic) bond motifs is 1. The van der Waals surface area contributed by atoms with Gasteiger partial charge in [-0.1, -0.05) is 37.3 Å². The lowest BCUT2D eigenvalue weighted by Crippen LogP contribution is -2.49. The second kappa shape index (κ2) is 11.4. The summed E-state index contributed by atoms with van der Waals surface area (Å²) in [5.74, 6) is -0.0757. The number of aliphatic hydroxyl groups excluding tert-OH is 1. The van der Waals surface area contributed by atoms with Crippen molar-refractivity contribution in [3.63, 3.8) is 0 Å². The molecule has 0 bridgehead atoms. The van der Waals surface area contributed by atoms with E-state index < -0.39 is 16.1 Å². The van der Waals surface area contributed by atoms with Crippen LogP contribution < -0.4 is 4.74 Å². The molecule has 0 unspecified atom stereocenters. The molecular formula is C28H37FN2O4S. The molecule has 4 rings (SSSR count). The van der Waals surface area contributed by atoms with Crippen LogP contribution in [0.25, 0.3) is 5.57 Å². The molecule has 0 aromatic heterocycles. The molecule has 1 N–H and O–H groups in total. The summed E-state index contributed by atoms with van der Waals surface area (Å²) in [6, 6.07) is 11.5. The maximum atomic E-state index is 14.2. The Labute approximate surface area is 214 Å². The van der Waals surface area contributed by atoms with Crippen molar-refractivity contribution in [1.29, 1.82) is 0 Å². The van der Waals surface area contributed by atoms with Crippen LogP contribution in [0.2, 0.25) is 0 Å². The molecule has 0 fully saturated rings. The fourth-order valence-corrected chi connectivity index (χ4v) is 6.86. The summed E-state index contributed by atoms with van der Waals surface area (Å²) < 4.78 is 49.5. The molecule has 1 aliphatic heterocycles. The third-order valence-corrected chi connectivity index (χ3v) is 9.24. The van der Waals surface area contributed by atoms with Crippen LogP contribution >= 0.6 is 0 Å². The first-order valence-electron chi connectivity index (χ1n) is 12.8. The van der Waals surface area contributed by atoms with E-state index in [1.807, 2.05) is 37.1 Å². The summed E-state index contributed by atoms with van der Waals surface area (Å²) in [7, 11) is -1.96. The van der Waals surface area contributed by atoms with Crippen molar-refractivity contribution < 1.29 is 22.7 Å². The van der Waals surface area contributed by atoms with Gasteiger partial charge in [-0.2, -0.15) is 4.31 Å². The maximum absolute atomic E-state index is 14.2. The Morgan fingerprint density at radius 1 is 1.22 bits per heavy atom. The smallest absolute Gasteiger partial charge is 0.247 e. The third-order valence-electron chi connectivity index (χ3n) is 7.22. The summed E-state index contributed by atoms with van der Waals surface area (Å²) >= 11 is 0. The highest BCUT2D eigenvalue weighted by atomic mass is 32.2. The molecule has 196 valence electrons. The lowest BCUT2D eigenvalue weighted by Gasteiger charge is -2.37. The Bertz CT molecular complexity index is 1200. The first-order chi connectivity index (χ1) is 17.2. The van der Waals surface area contributed by atoms with Crippen LogP contribution in [0.5, 0.6) is 5.75 Å². The number of benzene rings is 2. The average molecular weight is 517 g/mol. The fraction of sp³-hybridized carbons (Fsp3) is 0.500. The SMILES string of the molecule is C[C@@H]1CN([C@@H](C)CO)S(=O)(=O)c2ccc(C3=CCCCC3)cc2O[C@@H]1CN(C)Cc1ccccc1F. The van der Waals surface area contributed by atoms with Gasteiger partial charge in [0.15, 0.2) is 0 Å². The van der Waals surface area contributed by atoms with E-state index >= 15 is 0 Å². The van der Waals surface area contributed by atoms with Gasteiger partial charge in [-0.25, -0.2) is 12.8 Å². The molecule has 0 spiro atoms. The van der Waals surface area contributed by atoms with Crippen LogP contribution in [-0.2, 0) is 16.6 Å². The first-order valence-corrected chi connectivity index (χ1v) is 14.2. The number of sulfonamides is 1. The number of nitrogens with zero attached hydrogens (tertiary/aromatic N) is 2. The van der Waals surface area contributed by atoms with Crippen molar-refractivity contribution >= 4 is 15.6 Å². The third kappa shape index (κ3) is 5.83. The molecule has 0 amide bonds. The minimum absolute atomic E-state index is 0.122. The molecular weight excluding hydrogens is 479 g/mol. The van der Waals surface area contributed by atoms with Gasteiger partial charge in [0.2, 0.25) is 10.0 Å². The molecule has 0 saturated carbocycles. The highest BCUT2D eigenvalue weighted by Gasteiger charge is 2.38. The quantitative estimate of drug-likeness (QED) is 0.579. The minimum Gasteiger partial charge on any atom is -0.487 e. The molecule has 1 aliphatic carbocycles. The van der Waals surface area contributed by atoms with E-state index in [1.54, 1.807) is 25.1 Å². The Morgan fingerprint density at radius 3 is 2.69 bits per heavy atom. The molecule has 6 nitrogen and oxygen atoms in total. The largest absolute Gasteiger partial charge is 0.487 e. The number of ether oxygens (including phenoxy) is 1. The normalized spacial score (nSPS) is 23.2. The molecule has 2 aromatic carbocycles. The standard InChI is InChI=1S/C28H37FN2O4S/c1-20-16-31(21(2)19-32)36(33,34)28-14-13-23(22-9-5-4-6-10-22)15-26(28)35-27(20)18-30(3)17-24-11-7-8-12-25(24)29/h7-9,11-15,20-21,27,32H,4-6,10,16-19H2,1-3H3/t20-,21+,27-/m1/s1. The summed E-state index contributed by atoms with van der Waals surface area (Å²) in [5.41, 5.74) is 2.80. The molecule has 0 radical (unpaired) electrons. The van der Waals surface area contributed by atoms with Crippen LogP contribution in [0.4, 0.5) is 4.39 Å². The van der Waals surface area contributed by atoms with Crippen molar-refractivity contribution in [2.24, 2.45) is 5.92 Å². The highest BCUT2D eigenvalue weighted by molar-refractivity contribution is 7.89. The van der Waals surface area contributed by atoms with E-state index in [0.29, 0.717) is 24.4 Å². The monoisotopic (exact) mass is 516 g/mol. The summed E-state index contributed by atoms with van der Waals surface area (Å²) in [4.78, 5) is 2.12. The van der Waals surface area contributed by atoms with Crippen LogP contribution in [0.1, 0.15) is 50.7 Å². The van der Waals surface area contributed by atoms with Gasteiger partial charge in [0, 0.05) is 37.2 Å². The summed E-state index contributed by atoms with van der Waals surface area (Å²) in [6.45, 7) is 4.52. The zero-order valence-corrected chi connectivity index (χ0v) is 22.2. The average Bonchev–Trinajstić information content (AvgIpc) is 2.87. The number of allylic oxidation sites excluding steroid dienone is 2. The number of rotatable bonds is 7. The van der Waals surface area contributed by atoms with E-state index in [9.17, 15) is 17.9 Å². The number of aliphatic hydroxyl groups is 1. The van der Waals surface area contributed by atoms with E-state index in [2.05, 4.69) is 6.08 Å². The van der Waals surface area contributed by atoms with Crippen LogP contribution in [-0.4, -0.2) is 61.6 Å². The molecule has 0 saturated heterocycles. The maximum Gasteiger partial charge on any atom is 0.247 e. The first kappa shape index (κ1) is 26.8. The van der Waals surface area contributed by atoms with Gasteiger partial charge in [-0.3, -0.25) is 4.90 Å². The van der Waals surface area contributed by atoms with Gasteiger partial charge < -0.3 is 9.84 Å². The topological polar surface area (TPSA) is 70.1 Å². The van der Waals surface area contributed by atoms with Crippen LogP contribution in [0, 0.1) is 11.7 Å². The van der Waals surface area contributed by atoms with E-state index in [4.69, 9.17) is 4.74 Å². The molecule has 1 heterocycles. The summed E-state index contributed by atoms with van der Waals surface area (Å²) in [6.07, 6.45) is 6.16. The van der Waals surface area contributed by atoms with Crippen molar-refractivity contribution in [1.82, 2.24) is 9.21 Å². The van der Waals surface area contributed by atoms with E-state index in [-0.39, 0.29) is 35.9 Å². The predicted molar refractivity (Wildman–Crippen MR) is 140 cm³/mol. The van der Waals surface area contributed by atoms with Crippen molar-refractivity contribution in [3.05, 3.63) is 65.5 Å². The van der Waals surface area contributed by atoms with E-state index in [0.717, 1.165) is 24.8 Å². The van der Waals surface area contributed by atoms with Gasteiger partial charge in [-0.05, 0) is 69.0 Å². The van der Waals surface area contributed by atoms with Crippen molar-refractivity contribution in [3.8, 4) is 5.75 Å². The number of likely N-dealkylation sites (N-methyl/N-ethyl adjacent to an activating group) is 1. The van der Waals surface area contributed by atoms with Crippen molar-refractivity contribution in [2.45, 2.75) is 63.1 Å². The van der Waals surface area contributed by atoms with Crippen LogP contribution in [0.3, 0.4) is 0 Å². The Kier molecular flexibility index (Phi) is 8.50. The minimum atomic E-state index is -3.87. The Morgan fingerprint density at radius 2 is 2.00 bits per heavy atom. The second-order valence-corrected chi connectivity index (χ2v) is 12.0. The fourth-order valence-electron chi connectivity index (χ4n) is 5.03. The molecule has 8 heteroatoms. The number of hydrogen-bond donors (Lipinski definition) is 1. The van der Waals surface area contributed by atoms with Gasteiger partial charge in [0.25, 0.3) is 0 Å². The van der Waals surface area contributed by atoms with Crippen molar-refractivity contribution in [2.75, 3.05) is 26.7 Å². The summed E-state index contributed by atoms with van der Waals surface area (Å²) in [5, 5.41) is 9.84.